The molecule has 152 valence electrons. The molecule has 3 aromatic rings. The highest BCUT2D eigenvalue weighted by atomic mass is 16.5. The number of hydrogen-bond donors (Lipinski definition) is 1. The van der Waals surface area contributed by atoms with Crippen molar-refractivity contribution in [1.82, 2.24) is 5.32 Å². The van der Waals surface area contributed by atoms with E-state index in [0.717, 1.165) is 55.1 Å². The van der Waals surface area contributed by atoms with Crippen LogP contribution in [0.5, 0.6) is 11.5 Å². The molecule has 1 amide bonds. The van der Waals surface area contributed by atoms with Gasteiger partial charge >= 0.3 is 0 Å². The first kappa shape index (κ1) is 18.7. The van der Waals surface area contributed by atoms with Crippen LogP contribution < -0.4 is 14.8 Å². The van der Waals surface area contributed by atoms with Crippen LogP contribution in [0.25, 0.3) is 0 Å². The lowest BCUT2D eigenvalue weighted by molar-refractivity contribution is -0.121. The molecule has 1 N–H and O–H groups in total. The Labute approximate surface area is 176 Å². The van der Waals surface area contributed by atoms with E-state index < -0.39 is 0 Å². The van der Waals surface area contributed by atoms with Crippen LogP contribution in [-0.2, 0) is 24.1 Å². The fourth-order valence-electron chi connectivity index (χ4n) is 4.55. The summed E-state index contributed by atoms with van der Waals surface area (Å²) in [7, 11) is 0. The quantitative estimate of drug-likeness (QED) is 0.680. The summed E-state index contributed by atoms with van der Waals surface area (Å²) in [6.07, 6.45) is 2.58. The van der Waals surface area contributed by atoms with Crippen LogP contribution in [0.3, 0.4) is 0 Å². The van der Waals surface area contributed by atoms with Gasteiger partial charge in [-0.05, 0) is 23.6 Å². The maximum Gasteiger partial charge on any atom is 0.232 e. The van der Waals surface area contributed by atoms with Crippen molar-refractivity contribution in [1.29, 1.82) is 0 Å². The lowest BCUT2D eigenvalue weighted by atomic mass is 9.90. The van der Waals surface area contributed by atoms with Gasteiger partial charge in [0.1, 0.15) is 11.5 Å². The van der Waals surface area contributed by atoms with Gasteiger partial charge in [-0.1, -0.05) is 60.7 Å². The van der Waals surface area contributed by atoms with Crippen LogP contribution in [0.4, 0.5) is 0 Å². The lowest BCUT2D eigenvalue weighted by Gasteiger charge is -2.19. The molecular weight excluding hydrogens is 374 g/mol. The van der Waals surface area contributed by atoms with Gasteiger partial charge < -0.3 is 14.8 Å². The van der Waals surface area contributed by atoms with E-state index in [2.05, 4.69) is 11.4 Å². The number of carbonyl (C=O) groups excluding carboxylic acids is 1. The van der Waals surface area contributed by atoms with E-state index in [1.807, 2.05) is 60.7 Å². The van der Waals surface area contributed by atoms with E-state index in [-0.39, 0.29) is 11.8 Å². The van der Waals surface area contributed by atoms with Crippen molar-refractivity contribution in [3.8, 4) is 11.5 Å². The van der Waals surface area contributed by atoms with Crippen LogP contribution in [0, 0.1) is 0 Å². The molecule has 3 aromatic carbocycles. The van der Waals surface area contributed by atoms with Gasteiger partial charge in [0.05, 0.1) is 19.1 Å². The first-order valence-corrected chi connectivity index (χ1v) is 10.6. The lowest BCUT2D eigenvalue weighted by Crippen LogP contribution is -2.31. The van der Waals surface area contributed by atoms with Crippen molar-refractivity contribution >= 4 is 5.91 Å². The van der Waals surface area contributed by atoms with E-state index in [1.165, 1.54) is 16.7 Å². The van der Waals surface area contributed by atoms with E-state index >= 15 is 0 Å². The predicted octanol–water partition coefficient (Wildman–Crippen LogP) is 4.05. The fraction of sp³-hybridized carbons (Fsp3) is 0.269. The van der Waals surface area contributed by atoms with Crippen molar-refractivity contribution in [2.24, 2.45) is 0 Å². The number of ether oxygens (including phenoxy) is 2. The smallest absolute Gasteiger partial charge is 0.232 e. The normalized spacial score (nSPS) is 14.0. The van der Waals surface area contributed by atoms with E-state index in [9.17, 15) is 4.79 Å². The van der Waals surface area contributed by atoms with E-state index in [4.69, 9.17) is 9.47 Å². The SMILES string of the molecule is O=C(NCCc1c2c(cc3c1OCC3)OCC2)C(c1ccccc1)c1ccccc1. The van der Waals surface area contributed by atoms with Crippen LogP contribution in [0.1, 0.15) is 33.7 Å². The molecule has 0 saturated carbocycles. The number of benzene rings is 3. The van der Waals surface area contributed by atoms with Crippen LogP contribution in [0.2, 0.25) is 0 Å². The zero-order valence-corrected chi connectivity index (χ0v) is 16.9. The second-order valence-corrected chi connectivity index (χ2v) is 7.81. The van der Waals surface area contributed by atoms with Gasteiger partial charge in [0.2, 0.25) is 5.91 Å². The number of amides is 1. The first-order valence-electron chi connectivity index (χ1n) is 10.6. The molecule has 2 aliphatic heterocycles. The molecule has 4 nitrogen and oxygen atoms in total. The Kier molecular flexibility index (Phi) is 5.14. The van der Waals surface area contributed by atoms with Gasteiger partial charge in [-0.2, -0.15) is 0 Å². The third kappa shape index (κ3) is 3.54. The number of rotatable bonds is 6. The molecule has 2 aliphatic rings. The Morgan fingerprint density at radius 3 is 2.27 bits per heavy atom. The second-order valence-electron chi connectivity index (χ2n) is 7.81. The molecule has 0 aliphatic carbocycles. The van der Waals surface area contributed by atoms with Crippen molar-refractivity contribution in [3.63, 3.8) is 0 Å². The van der Waals surface area contributed by atoms with Crippen molar-refractivity contribution in [3.05, 3.63) is 94.5 Å². The molecule has 0 spiro atoms. The summed E-state index contributed by atoms with van der Waals surface area (Å²) in [5.74, 6) is 1.70. The van der Waals surface area contributed by atoms with Gasteiger partial charge in [0.25, 0.3) is 0 Å². The Hall–Kier alpha value is -3.27. The average Bonchev–Trinajstić information content (AvgIpc) is 3.44. The fourth-order valence-corrected chi connectivity index (χ4v) is 4.55. The molecule has 5 rings (SSSR count). The summed E-state index contributed by atoms with van der Waals surface area (Å²) in [4.78, 5) is 13.2. The number of nitrogens with one attached hydrogen (secondary N) is 1. The highest BCUT2D eigenvalue weighted by Gasteiger charge is 2.27. The third-order valence-corrected chi connectivity index (χ3v) is 5.96. The second kappa shape index (κ2) is 8.23. The van der Waals surface area contributed by atoms with Gasteiger partial charge in [-0.3, -0.25) is 4.79 Å². The van der Waals surface area contributed by atoms with E-state index in [0.29, 0.717) is 6.54 Å². The van der Waals surface area contributed by atoms with Crippen LogP contribution >= 0.6 is 0 Å². The zero-order chi connectivity index (χ0) is 20.3. The molecule has 0 radical (unpaired) electrons. The Balaban J connectivity index is 1.35. The summed E-state index contributed by atoms with van der Waals surface area (Å²) in [5.41, 5.74) is 5.67. The molecule has 2 heterocycles. The van der Waals surface area contributed by atoms with E-state index in [1.54, 1.807) is 0 Å². The first-order chi connectivity index (χ1) is 14.8. The molecule has 30 heavy (non-hydrogen) atoms. The van der Waals surface area contributed by atoms with Crippen molar-refractivity contribution in [2.45, 2.75) is 25.2 Å². The summed E-state index contributed by atoms with van der Waals surface area (Å²) in [5, 5.41) is 3.18. The minimum absolute atomic E-state index is 0.0220. The Morgan fingerprint density at radius 1 is 0.900 bits per heavy atom. The molecule has 0 atom stereocenters. The van der Waals surface area contributed by atoms with Crippen LogP contribution in [-0.4, -0.2) is 25.7 Å². The molecule has 0 saturated heterocycles. The largest absolute Gasteiger partial charge is 0.493 e. The number of fused-ring (bicyclic) bond motifs is 2. The van der Waals surface area contributed by atoms with Gasteiger partial charge in [-0.25, -0.2) is 0 Å². The highest BCUT2D eigenvalue weighted by molar-refractivity contribution is 5.87. The molecular formula is C26H25NO3. The molecule has 4 heteroatoms. The van der Waals surface area contributed by atoms with Crippen molar-refractivity contribution in [2.75, 3.05) is 19.8 Å². The van der Waals surface area contributed by atoms with Gasteiger partial charge in [-0.15, -0.1) is 0 Å². The average molecular weight is 399 g/mol. The zero-order valence-electron chi connectivity index (χ0n) is 16.9. The monoisotopic (exact) mass is 399 g/mol. The molecule has 0 bridgehead atoms. The summed E-state index contributed by atoms with van der Waals surface area (Å²) in [6.45, 7) is 2.02. The van der Waals surface area contributed by atoms with Crippen molar-refractivity contribution < 1.29 is 14.3 Å². The highest BCUT2D eigenvalue weighted by Crippen LogP contribution is 2.40. The minimum Gasteiger partial charge on any atom is -0.493 e. The summed E-state index contributed by atoms with van der Waals surface area (Å²) < 4.78 is 11.7. The molecule has 0 fully saturated rings. The summed E-state index contributed by atoms with van der Waals surface area (Å²) >= 11 is 0. The third-order valence-electron chi connectivity index (χ3n) is 5.96. The Bertz CT molecular complexity index is 975. The molecule has 0 aromatic heterocycles. The van der Waals surface area contributed by atoms with Gasteiger partial charge in [0, 0.05) is 36.1 Å². The molecule has 0 unspecified atom stereocenters. The maximum absolute atomic E-state index is 13.2. The Morgan fingerprint density at radius 2 is 1.57 bits per heavy atom. The number of hydrogen-bond acceptors (Lipinski definition) is 3. The van der Waals surface area contributed by atoms with Gasteiger partial charge in [0.15, 0.2) is 0 Å². The summed E-state index contributed by atoms with van der Waals surface area (Å²) in [6, 6.07) is 22.0. The predicted molar refractivity (Wildman–Crippen MR) is 116 cm³/mol. The topological polar surface area (TPSA) is 47.6 Å². The maximum atomic E-state index is 13.2. The number of carbonyl (C=O) groups is 1. The standard InChI is InChI=1S/C26H25NO3/c28-26(24(18-7-3-1-4-8-18)19-9-5-2-6-10-19)27-14-11-22-21-13-16-29-23(21)17-20-12-15-30-25(20)22/h1-10,17,24H,11-16H2,(H,27,28). The minimum atomic E-state index is -0.320. The van der Waals surface area contributed by atoms with Crippen LogP contribution in [0.15, 0.2) is 66.7 Å².